The van der Waals surface area contributed by atoms with Gasteiger partial charge in [0.05, 0.1) is 11.0 Å². The summed E-state index contributed by atoms with van der Waals surface area (Å²) < 4.78 is 11.2. The van der Waals surface area contributed by atoms with E-state index in [2.05, 4.69) is 204 Å². The number of aromatic nitrogens is 3. The number of hydrogen-bond donors (Lipinski definition) is 0. The SMILES string of the molecule is CC(C)(C)c1ccnc(-n2c3[c-]c(Oc4[c-]c(N5[CH-]N(c6cccc7c8ccccc8n(-c8ccccc8)c67)c6ccccc65)ccc4)ccc3c3ccccc32)c1.[Pt]. The normalized spacial score (nSPS) is 12.7. The third-order valence-electron chi connectivity index (χ3n) is 11.2. The second-order valence-corrected chi connectivity index (χ2v) is 15.8. The molecule has 0 N–H and O–H groups in total. The number of rotatable bonds is 6. The van der Waals surface area contributed by atoms with E-state index in [0.717, 1.165) is 61.6 Å². The summed E-state index contributed by atoms with van der Waals surface area (Å²) in [5, 5.41) is 4.65. The van der Waals surface area contributed by atoms with Crippen molar-refractivity contribution in [1.82, 2.24) is 14.1 Å². The maximum Gasteiger partial charge on any atom is 0.135 e. The second kappa shape index (κ2) is 14.3. The fraction of sp³-hybridized carbons (Fsp3) is 0.0769. The minimum atomic E-state index is -0.0188. The molecule has 0 saturated carbocycles. The molecule has 10 aromatic rings. The van der Waals surface area contributed by atoms with E-state index >= 15 is 0 Å². The maximum absolute atomic E-state index is 6.60. The Morgan fingerprint density at radius 1 is 0.542 bits per heavy atom. The fourth-order valence-electron chi connectivity index (χ4n) is 8.47. The van der Waals surface area contributed by atoms with E-state index in [4.69, 9.17) is 9.72 Å². The van der Waals surface area contributed by atoms with Crippen LogP contribution in [0.25, 0.3) is 55.1 Å². The van der Waals surface area contributed by atoms with Gasteiger partial charge in [0.1, 0.15) is 5.82 Å². The zero-order valence-electron chi connectivity index (χ0n) is 32.7. The molecule has 0 spiro atoms. The van der Waals surface area contributed by atoms with Crippen LogP contribution in [-0.2, 0) is 26.5 Å². The summed E-state index contributed by atoms with van der Waals surface area (Å²) in [5.41, 5.74) is 10.7. The van der Waals surface area contributed by atoms with Gasteiger partial charge in [0.25, 0.3) is 0 Å². The summed E-state index contributed by atoms with van der Waals surface area (Å²) in [6.07, 6.45) is 1.90. The first-order chi connectivity index (χ1) is 28.4. The van der Waals surface area contributed by atoms with Crippen LogP contribution in [0.2, 0.25) is 0 Å². The second-order valence-electron chi connectivity index (χ2n) is 15.8. The van der Waals surface area contributed by atoms with Gasteiger partial charge in [-0.2, -0.15) is 12.1 Å². The number of ether oxygens (including phenoxy) is 1. The van der Waals surface area contributed by atoms with Gasteiger partial charge >= 0.3 is 0 Å². The summed E-state index contributed by atoms with van der Waals surface area (Å²) in [6, 6.07) is 64.4. The monoisotopic (exact) mass is 943 g/mol. The summed E-state index contributed by atoms with van der Waals surface area (Å²) in [7, 11) is 0. The number of benzene rings is 7. The first-order valence-corrected chi connectivity index (χ1v) is 19.6. The van der Waals surface area contributed by atoms with Crippen molar-refractivity contribution in [2.45, 2.75) is 26.2 Å². The molecule has 6 nitrogen and oxygen atoms in total. The number of anilines is 4. The maximum atomic E-state index is 6.60. The molecule has 0 unspecified atom stereocenters. The van der Waals surface area contributed by atoms with Gasteiger partial charge in [-0.3, -0.25) is 0 Å². The van der Waals surface area contributed by atoms with E-state index < -0.39 is 0 Å². The largest absolute Gasteiger partial charge is 0.509 e. The molecule has 4 heterocycles. The van der Waals surface area contributed by atoms with Crippen molar-refractivity contribution in [3.05, 3.63) is 194 Å². The minimum Gasteiger partial charge on any atom is -0.509 e. The molecule has 1 aliphatic rings. The molecule has 7 heteroatoms. The van der Waals surface area contributed by atoms with Gasteiger partial charge in [0, 0.05) is 77.8 Å². The van der Waals surface area contributed by atoms with E-state index in [9.17, 15) is 0 Å². The zero-order chi connectivity index (χ0) is 39.0. The van der Waals surface area contributed by atoms with E-state index in [1.54, 1.807) is 0 Å². The van der Waals surface area contributed by atoms with Crippen LogP contribution >= 0.6 is 0 Å². The Hall–Kier alpha value is -6.62. The van der Waals surface area contributed by atoms with Gasteiger partial charge in [0.15, 0.2) is 0 Å². The van der Waals surface area contributed by atoms with Crippen LogP contribution < -0.4 is 14.5 Å². The van der Waals surface area contributed by atoms with Crippen LogP contribution in [0.1, 0.15) is 26.3 Å². The van der Waals surface area contributed by atoms with Crippen LogP contribution in [0.4, 0.5) is 22.7 Å². The summed E-state index contributed by atoms with van der Waals surface area (Å²) in [5.74, 6) is 2.05. The summed E-state index contributed by atoms with van der Waals surface area (Å²) in [4.78, 5) is 9.32. The quantitative estimate of drug-likeness (QED) is 0.156. The van der Waals surface area contributed by atoms with E-state index in [0.29, 0.717) is 11.5 Å². The fourth-order valence-corrected chi connectivity index (χ4v) is 8.47. The topological polar surface area (TPSA) is 38.5 Å². The average Bonchev–Trinajstić information content (AvgIpc) is 3.92. The predicted octanol–water partition coefficient (Wildman–Crippen LogP) is 13.4. The molecule has 0 bridgehead atoms. The molecule has 7 aromatic carbocycles. The average molecular weight is 944 g/mol. The minimum absolute atomic E-state index is 0. The molecular formula is C52H38N5OPt-3. The number of fused-ring (bicyclic) bond motifs is 7. The van der Waals surface area contributed by atoms with Crippen LogP contribution in [0.3, 0.4) is 0 Å². The Morgan fingerprint density at radius 3 is 1.95 bits per heavy atom. The van der Waals surface area contributed by atoms with Gasteiger partial charge in [0.2, 0.25) is 0 Å². The first kappa shape index (κ1) is 36.7. The molecule has 59 heavy (non-hydrogen) atoms. The van der Waals surface area contributed by atoms with Crippen LogP contribution in [-0.4, -0.2) is 14.1 Å². The van der Waals surface area contributed by atoms with E-state index in [-0.39, 0.29) is 26.5 Å². The summed E-state index contributed by atoms with van der Waals surface area (Å²) >= 11 is 0. The molecule has 0 amide bonds. The van der Waals surface area contributed by atoms with E-state index in [1.807, 2.05) is 24.4 Å². The van der Waals surface area contributed by atoms with Crippen molar-refractivity contribution in [2.24, 2.45) is 0 Å². The first-order valence-electron chi connectivity index (χ1n) is 19.6. The van der Waals surface area contributed by atoms with Crippen molar-refractivity contribution in [2.75, 3.05) is 9.80 Å². The van der Waals surface area contributed by atoms with E-state index in [1.165, 1.54) is 21.9 Å². The van der Waals surface area contributed by atoms with Crippen molar-refractivity contribution in [3.63, 3.8) is 0 Å². The Bertz CT molecular complexity index is 3200. The van der Waals surface area contributed by atoms with Gasteiger partial charge < -0.3 is 23.7 Å². The molecule has 0 fully saturated rings. The molecule has 3 aromatic heterocycles. The molecule has 290 valence electrons. The van der Waals surface area contributed by atoms with Gasteiger partial charge in [-0.25, -0.2) is 4.98 Å². The van der Waals surface area contributed by atoms with Gasteiger partial charge in [-0.05, 0) is 71.0 Å². The van der Waals surface area contributed by atoms with Crippen molar-refractivity contribution in [1.29, 1.82) is 0 Å². The number of hydrogen-bond acceptors (Lipinski definition) is 4. The standard InChI is InChI=1S/C52H38N5O.Pt/c1-52(2,3)35-29-30-53-50(31-35)57-45-23-10-7-19-40(45)42-28-27-39(33-49(42)57)58-38-18-13-17-37(32-38)54-34-55(47-25-12-11-24-46(47)54)48-26-14-21-43-41-20-8-9-22-44(41)56(51(43)48)36-15-5-4-6-16-36;/h4-31,34H,1-3H3;/q-3;. The van der Waals surface area contributed by atoms with Crippen molar-refractivity contribution >= 4 is 66.4 Å². The Morgan fingerprint density at radius 2 is 1.17 bits per heavy atom. The Balaban J connectivity index is 0.00000420. The number of nitrogens with zero attached hydrogens (tertiary/aromatic N) is 5. The third-order valence-corrected chi connectivity index (χ3v) is 11.2. The Kier molecular flexibility index (Phi) is 8.92. The molecule has 11 rings (SSSR count). The van der Waals surface area contributed by atoms with Crippen LogP contribution in [0.15, 0.2) is 170 Å². The predicted molar refractivity (Wildman–Crippen MR) is 237 cm³/mol. The molecular weight excluding hydrogens is 906 g/mol. The number of para-hydroxylation sites is 6. The van der Waals surface area contributed by atoms with Crippen LogP contribution in [0, 0.1) is 18.8 Å². The van der Waals surface area contributed by atoms with Gasteiger partial charge in [-0.1, -0.05) is 105 Å². The molecule has 0 atom stereocenters. The molecule has 0 radical (unpaired) electrons. The summed E-state index contributed by atoms with van der Waals surface area (Å²) in [6.45, 7) is 8.84. The van der Waals surface area contributed by atoms with Crippen molar-refractivity contribution in [3.8, 4) is 23.0 Å². The zero-order valence-corrected chi connectivity index (χ0v) is 35.0. The molecule has 1 aliphatic heterocycles. The third kappa shape index (κ3) is 6.09. The Labute approximate surface area is 357 Å². The molecule has 0 aliphatic carbocycles. The van der Waals surface area contributed by atoms with Gasteiger partial charge in [-0.15, -0.1) is 48.1 Å². The molecule has 0 saturated heterocycles. The van der Waals surface area contributed by atoms with Crippen LogP contribution in [0.5, 0.6) is 11.5 Å². The van der Waals surface area contributed by atoms with Crippen molar-refractivity contribution < 1.29 is 25.8 Å². The number of pyridine rings is 1. The smallest absolute Gasteiger partial charge is 0.135 e.